The van der Waals surface area contributed by atoms with Gasteiger partial charge >= 0.3 is 11.9 Å². The number of aliphatic hydroxyl groups excluding tert-OH is 1. The molecule has 56 heavy (non-hydrogen) atoms. The second-order valence-electron chi connectivity index (χ2n) is 14.0. The molecule has 0 spiro atoms. The normalized spacial score (nSPS) is 13.3. The van der Waals surface area contributed by atoms with Gasteiger partial charge in [-0.05, 0) is 83.1 Å². The van der Waals surface area contributed by atoms with Crippen LogP contribution in [0.4, 0.5) is 0 Å². The lowest BCUT2D eigenvalue weighted by atomic mass is 10.0. The topological polar surface area (TPSA) is 142 Å². The molecule has 0 rings (SSSR count). The third kappa shape index (κ3) is 37.0. The molecule has 2 atom stereocenters. The van der Waals surface area contributed by atoms with Crippen molar-refractivity contribution in [1.82, 2.24) is 10.6 Å². The van der Waals surface area contributed by atoms with E-state index in [2.05, 4.69) is 110 Å². The number of aliphatic carboxylic acids is 1. The minimum atomic E-state index is -1.39. The number of unbranched alkanes of at least 4 members (excludes halogenated alkanes) is 11. The van der Waals surface area contributed by atoms with Crippen molar-refractivity contribution in [2.45, 2.75) is 174 Å². The quantitative estimate of drug-likeness (QED) is 0.0279. The van der Waals surface area contributed by atoms with E-state index >= 15 is 0 Å². The minimum absolute atomic E-state index is 0.162. The predicted molar refractivity (Wildman–Crippen MR) is 231 cm³/mol. The summed E-state index contributed by atoms with van der Waals surface area (Å²) < 4.78 is 5.89. The lowest BCUT2D eigenvalue weighted by Crippen LogP contribution is -2.47. The van der Waals surface area contributed by atoms with E-state index in [0.717, 1.165) is 89.9 Å². The Labute approximate surface area is 339 Å². The summed E-state index contributed by atoms with van der Waals surface area (Å²) in [5.74, 6) is -2.43. The number of rotatable bonds is 37. The van der Waals surface area contributed by atoms with Crippen molar-refractivity contribution >= 4 is 23.8 Å². The van der Waals surface area contributed by atoms with Gasteiger partial charge in [0.15, 0.2) is 0 Å². The van der Waals surface area contributed by atoms with Crippen molar-refractivity contribution in [3.05, 3.63) is 85.1 Å². The third-order valence-corrected chi connectivity index (χ3v) is 8.87. The number of aliphatic hydroxyl groups is 1. The predicted octanol–water partition coefficient (Wildman–Crippen LogP) is 10.5. The van der Waals surface area contributed by atoms with Crippen molar-refractivity contribution in [2.75, 3.05) is 13.2 Å². The summed E-state index contributed by atoms with van der Waals surface area (Å²) in [5.41, 5.74) is 0. The van der Waals surface area contributed by atoms with Crippen molar-refractivity contribution < 1.29 is 34.1 Å². The summed E-state index contributed by atoms with van der Waals surface area (Å²) in [6.07, 6.45) is 52.1. The van der Waals surface area contributed by atoms with Crippen LogP contribution in [0.15, 0.2) is 85.1 Å². The number of hydrogen-bond donors (Lipinski definition) is 4. The van der Waals surface area contributed by atoms with E-state index in [1.54, 1.807) is 0 Å². The summed E-state index contributed by atoms with van der Waals surface area (Å²) in [5, 5.41) is 22.5. The fourth-order valence-electron chi connectivity index (χ4n) is 5.59. The molecule has 2 unspecified atom stereocenters. The number of amides is 2. The van der Waals surface area contributed by atoms with Gasteiger partial charge in [0.2, 0.25) is 11.8 Å². The number of hydrogen-bond acceptors (Lipinski definition) is 6. The summed E-state index contributed by atoms with van der Waals surface area (Å²) in [7, 11) is 0. The van der Waals surface area contributed by atoms with Gasteiger partial charge in [0.05, 0.1) is 13.2 Å². The number of carboxylic acid groups (broad SMARTS) is 1. The maximum absolute atomic E-state index is 12.7. The molecule has 0 saturated heterocycles. The molecule has 9 heteroatoms. The van der Waals surface area contributed by atoms with E-state index in [0.29, 0.717) is 19.3 Å². The first-order valence-electron chi connectivity index (χ1n) is 21.5. The van der Waals surface area contributed by atoms with Crippen molar-refractivity contribution in [2.24, 2.45) is 0 Å². The Balaban J connectivity index is 4.37. The molecule has 0 saturated carbocycles. The monoisotopic (exact) mass is 781 g/mol. The fraction of sp³-hybridized carbons (Fsp3) is 0.617. The smallest absolute Gasteiger partial charge is 0.328 e. The van der Waals surface area contributed by atoms with Crippen LogP contribution in [-0.4, -0.2) is 59.3 Å². The van der Waals surface area contributed by atoms with E-state index in [1.165, 1.54) is 32.1 Å². The van der Waals surface area contributed by atoms with E-state index < -0.39 is 24.5 Å². The molecule has 0 aromatic heterocycles. The van der Waals surface area contributed by atoms with Crippen molar-refractivity contribution in [1.29, 1.82) is 0 Å². The molecular formula is C47H76N2O7. The van der Waals surface area contributed by atoms with Gasteiger partial charge in [-0.25, -0.2) is 4.79 Å². The first-order valence-corrected chi connectivity index (χ1v) is 21.5. The summed E-state index contributed by atoms with van der Waals surface area (Å²) in [6, 6.07) is -1.39. The maximum atomic E-state index is 12.7. The molecule has 0 aromatic carbocycles. The first kappa shape index (κ1) is 52.0. The van der Waals surface area contributed by atoms with Gasteiger partial charge in [-0.1, -0.05) is 151 Å². The zero-order valence-corrected chi connectivity index (χ0v) is 34.9. The van der Waals surface area contributed by atoms with Crippen LogP contribution in [-0.2, 0) is 23.9 Å². The van der Waals surface area contributed by atoms with Crippen LogP contribution in [0.3, 0.4) is 0 Å². The number of carbonyl (C=O) groups excluding carboxylic acids is 3. The van der Waals surface area contributed by atoms with Crippen LogP contribution < -0.4 is 10.6 Å². The van der Waals surface area contributed by atoms with Crippen LogP contribution in [0.25, 0.3) is 0 Å². The van der Waals surface area contributed by atoms with Crippen LogP contribution in [0.1, 0.15) is 162 Å². The Bertz CT molecular complexity index is 1210. The minimum Gasteiger partial charge on any atom is -0.480 e. The number of carboxylic acids is 1. The fourth-order valence-corrected chi connectivity index (χ4v) is 5.59. The molecule has 9 nitrogen and oxygen atoms in total. The molecule has 316 valence electrons. The molecule has 4 N–H and O–H groups in total. The van der Waals surface area contributed by atoms with Crippen molar-refractivity contribution in [3.8, 4) is 0 Å². The van der Waals surface area contributed by atoms with E-state index in [9.17, 15) is 19.2 Å². The highest BCUT2D eigenvalue weighted by atomic mass is 16.5. The molecule has 0 heterocycles. The zero-order chi connectivity index (χ0) is 41.2. The summed E-state index contributed by atoms with van der Waals surface area (Å²) in [4.78, 5) is 47.4. The molecule has 0 radical (unpaired) electrons. The van der Waals surface area contributed by atoms with Gasteiger partial charge in [-0.3, -0.25) is 14.4 Å². The average molecular weight is 781 g/mol. The summed E-state index contributed by atoms with van der Waals surface area (Å²) in [6.45, 7) is 3.33. The van der Waals surface area contributed by atoms with Gasteiger partial charge in [0.25, 0.3) is 0 Å². The Hall–Kier alpha value is -3.98. The highest BCUT2D eigenvalue weighted by Gasteiger charge is 2.18. The Morgan fingerprint density at radius 2 is 1.09 bits per heavy atom. The molecule has 0 fully saturated rings. The highest BCUT2D eigenvalue weighted by Crippen LogP contribution is 2.15. The van der Waals surface area contributed by atoms with Crippen LogP contribution >= 0.6 is 0 Å². The second-order valence-corrected chi connectivity index (χ2v) is 14.0. The molecule has 0 bridgehead atoms. The Morgan fingerprint density at radius 1 is 0.571 bits per heavy atom. The van der Waals surface area contributed by atoms with Gasteiger partial charge in [-0.2, -0.15) is 0 Å². The Kier molecular flexibility index (Phi) is 37.8. The molecule has 2 amide bonds. The SMILES string of the molecule is CC/C=C\C/C=C\C/C=C\C/C=C\C/C=C\C/C=C\CCC(=O)OC(/C=C\CCCCCCCC)CCCCCCCCC(=O)NCC(=O)NC(CO)C(=O)O. The maximum Gasteiger partial charge on any atom is 0.328 e. The average Bonchev–Trinajstić information content (AvgIpc) is 3.18. The van der Waals surface area contributed by atoms with E-state index in [-0.39, 0.29) is 30.9 Å². The van der Waals surface area contributed by atoms with Gasteiger partial charge < -0.3 is 25.6 Å². The van der Waals surface area contributed by atoms with Crippen LogP contribution in [0, 0.1) is 0 Å². The second kappa shape index (κ2) is 40.7. The zero-order valence-electron chi connectivity index (χ0n) is 34.9. The van der Waals surface area contributed by atoms with Gasteiger partial charge in [0, 0.05) is 12.8 Å². The van der Waals surface area contributed by atoms with Gasteiger partial charge in [0.1, 0.15) is 12.1 Å². The molecule has 0 aliphatic rings. The largest absolute Gasteiger partial charge is 0.480 e. The number of carbonyl (C=O) groups is 4. The number of esters is 1. The molecular weight excluding hydrogens is 705 g/mol. The standard InChI is InChI=1S/C47H76N2O7/c1-3-5-7-9-11-13-14-15-16-17-18-19-20-21-22-23-25-31-35-39-46(53)56-42(36-32-28-24-12-10-8-6-4-2)37-33-29-26-27-30-34-38-44(51)48-40-45(52)49-43(41-50)47(54)55/h5,7,11,13,15-16,18-19,21-22,25,31-32,36,42-43,50H,3-4,6,8-10,12,14,17,20,23-24,26-30,33-35,37-41H2,1-2H3,(H,48,51)(H,49,52)(H,54,55)/b7-5-,13-11-,16-15-,19-18-,22-21-,31-25-,36-32-. The number of nitrogens with one attached hydrogen (secondary N) is 2. The third-order valence-electron chi connectivity index (χ3n) is 8.87. The lowest BCUT2D eigenvalue weighted by Gasteiger charge is -2.14. The molecule has 0 aliphatic heterocycles. The lowest BCUT2D eigenvalue weighted by molar-refractivity contribution is -0.147. The summed E-state index contributed by atoms with van der Waals surface area (Å²) >= 11 is 0. The number of allylic oxidation sites excluding steroid dienone is 13. The van der Waals surface area contributed by atoms with Crippen LogP contribution in [0.2, 0.25) is 0 Å². The first-order chi connectivity index (χ1) is 27.3. The highest BCUT2D eigenvalue weighted by molar-refractivity contribution is 5.87. The Morgan fingerprint density at radius 3 is 1.64 bits per heavy atom. The van der Waals surface area contributed by atoms with Crippen molar-refractivity contribution in [3.63, 3.8) is 0 Å². The van der Waals surface area contributed by atoms with E-state index in [1.807, 2.05) is 0 Å². The molecule has 0 aliphatic carbocycles. The molecule has 0 aromatic rings. The van der Waals surface area contributed by atoms with E-state index in [4.69, 9.17) is 14.9 Å². The van der Waals surface area contributed by atoms with Crippen LogP contribution in [0.5, 0.6) is 0 Å². The van der Waals surface area contributed by atoms with Gasteiger partial charge in [-0.15, -0.1) is 0 Å². The number of ether oxygens (including phenoxy) is 1.